The quantitative estimate of drug-likeness (QED) is 0.146. The number of unbranched alkanes of at least 4 members (excludes halogenated alkanes) is 4. The first kappa shape index (κ1) is 31.7. The fourth-order valence-electron chi connectivity index (χ4n) is 4.48. The fraction of sp³-hybridized carbons (Fsp3) is 0.303. The molecule has 226 valence electrons. The minimum Gasteiger partial charge on any atom is -0.497 e. The molecule has 0 aliphatic rings. The van der Waals surface area contributed by atoms with Gasteiger partial charge in [0.2, 0.25) is 10.0 Å². The van der Waals surface area contributed by atoms with Crippen LogP contribution in [0.2, 0.25) is 0 Å². The van der Waals surface area contributed by atoms with Crippen LogP contribution in [-0.2, 0) is 21.2 Å². The number of hydrogen-bond donors (Lipinski definition) is 2. The van der Waals surface area contributed by atoms with Crippen LogP contribution in [0.25, 0.3) is 22.5 Å². The molecule has 1 aromatic heterocycles. The monoisotopic (exact) mass is 603 g/mol. The van der Waals surface area contributed by atoms with Gasteiger partial charge >= 0.3 is 5.97 Å². The minimum absolute atomic E-state index is 0.0383. The van der Waals surface area contributed by atoms with Crippen molar-refractivity contribution >= 4 is 16.0 Å². The highest BCUT2D eigenvalue weighted by molar-refractivity contribution is 7.89. The molecular weight excluding hydrogens is 566 g/mol. The normalized spacial score (nSPS) is 12.0. The summed E-state index contributed by atoms with van der Waals surface area (Å²) < 4.78 is 38.7. The van der Waals surface area contributed by atoms with Gasteiger partial charge in [-0.3, -0.25) is 4.79 Å². The third-order valence-electron chi connectivity index (χ3n) is 6.97. The van der Waals surface area contributed by atoms with E-state index < -0.39 is 22.0 Å². The molecular formula is C33H37N3O6S. The average molecular weight is 604 g/mol. The summed E-state index contributed by atoms with van der Waals surface area (Å²) in [4.78, 5) is 20.9. The summed E-state index contributed by atoms with van der Waals surface area (Å²) in [5.74, 6) is 0.584. The van der Waals surface area contributed by atoms with Crippen LogP contribution in [0.3, 0.4) is 0 Å². The van der Waals surface area contributed by atoms with Crippen LogP contribution < -0.4 is 14.2 Å². The first-order valence-electron chi connectivity index (χ1n) is 14.3. The van der Waals surface area contributed by atoms with Gasteiger partial charge in [-0.2, -0.15) is 4.72 Å². The third-order valence-corrected chi connectivity index (χ3v) is 8.46. The van der Waals surface area contributed by atoms with E-state index in [2.05, 4.69) is 21.6 Å². The number of carboxylic acids is 1. The molecule has 4 rings (SSSR count). The zero-order valence-corrected chi connectivity index (χ0v) is 25.2. The molecule has 4 aromatic rings. The lowest BCUT2D eigenvalue weighted by atomic mass is 10.0. The highest BCUT2D eigenvalue weighted by Crippen LogP contribution is 2.24. The van der Waals surface area contributed by atoms with Crippen LogP contribution in [0.5, 0.6) is 11.5 Å². The van der Waals surface area contributed by atoms with Gasteiger partial charge in [0.05, 0.1) is 18.6 Å². The number of ether oxygens (including phenoxy) is 2. The molecule has 9 nitrogen and oxygen atoms in total. The number of benzene rings is 3. The topological polar surface area (TPSA) is 128 Å². The van der Waals surface area contributed by atoms with E-state index in [0.29, 0.717) is 17.1 Å². The SMILES string of the molecule is CCCCCCCOc1ccc(-c2cnc(-c3ccc(CC(NS(=O)(=O)c4ccc(OC)cc4)C(=O)O)cc3)nc2)cc1. The lowest BCUT2D eigenvalue weighted by Crippen LogP contribution is -2.42. The standard InChI is InChI=1S/C33H37N3O6S/c1-3-4-5-6-7-20-42-29-14-12-25(13-15-29)27-22-34-32(35-23-27)26-10-8-24(9-11-26)21-31(33(37)38)36-43(39,40)30-18-16-28(41-2)17-19-30/h8-19,22-23,31,36H,3-7,20-21H2,1-2H3,(H,37,38). The molecule has 0 spiro atoms. The number of aromatic nitrogens is 2. The maximum atomic E-state index is 12.8. The molecule has 0 amide bonds. The Morgan fingerprint density at radius 1 is 0.814 bits per heavy atom. The zero-order valence-electron chi connectivity index (χ0n) is 24.4. The zero-order chi connectivity index (χ0) is 30.7. The number of carbonyl (C=O) groups is 1. The minimum atomic E-state index is -4.05. The molecule has 0 aliphatic carbocycles. The van der Waals surface area contributed by atoms with Gasteiger partial charge in [0.25, 0.3) is 0 Å². The van der Waals surface area contributed by atoms with Crippen molar-refractivity contribution < 1.29 is 27.8 Å². The summed E-state index contributed by atoms with van der Waals surface area (Å²) in [5.41, 5.74) is 3.26. The lowest BCUT2D eigenvalue weighted by Gasteiger charge is -2.15. The van der Waals surface area contributed by atoms with Crippen molar-refractivity contribution in [1.29, 1.82) is 0 Å². The number of nitrogens with one attached hydrogen (secondary N) is 1. The van der Waals surface area contributed by atoms with Gasteiger partial charge in [0.15, 0.2) is 5.82 Å². The molecule has 0 fully saturated rings. The molecule has 2 N–H and O–H groups in total. The van der Waals surface area contributed by atoms with Gasteiger partial charge in [-0.1, -0.05) is 69.0 Å². The number of nitrogens with zero attached hydrogens (tertiary/aromatic N) is 2. The van der Waals surface area contributed by atoms with Crippen molar-refractivity contribution in [3.8, 4) is 34.0 Å². The van der Waals surface area contributed by atoms with Gasteiger partial charge in [0.1, 0.15) is 17.5 Å². The van der Waals surface area contributed by atoms with Gasteiger partial charge in [0, 0.05) is 23.5 Å². The smallest absolute Gasteiger partial charge is 0.322 e. The van der Waals surface area contributed by atoms with Crippen molar-refractivity contribution in [3.63, 3.8) is 0 Å². The Morgan fingerprint density at radius 2 is 1.42 bits per heavy atom. The van der Waals surface area contributed by atoms with Gasteiger partial charge in [-0.05, 0) is 60.4 Å². The van der Waals surface area contributed by atoms with E-state index in [1.54, 1.807) is 36.7 Å². The Morgan fingerprint density at radius 3 is 2.02 bits per heavy atom. The Kier molecular flexibility index (Phi) is 11.2. The Balaban J connectivity index is 1.34. The van der Waals surface area contributed by atoms with Crippen molar-refractivity contribution in [1.82, 2.24) is 14.7 Å². The summed E-state index contributed by atoms with van der Waals surface area (Å²) in [5, 5.41) is 9.70. The molecule has 10 heteroatoms. The van der Waals surface area contributed by atoms with Crippen molar-refractivity contribution in [3.05, 3.63) is 90.8 Å². The first-order valence-corrected chi connectivity index (χ1v) is 15.8. The molecule has 0 saturated carbocycles. The van der Waals surface area contributed by atoms with E-state index in [1.807, 2.05) is 24.3 Å². The van der Waals surface area contributed by atoms with E-state index in [9.17, 15) is 18.3 Å². The lowest BCUT2D eigenvalue weighted by molar-refractivity contribution is -0.138. The number of aliphatic carboxylic acids is 1. The predicted octanol–water partition coefficient (Wildman–Crippen LogP) is 6.14. The predicted molar refractivity (Wildman–Crippen MR) is 166 cm³/mol. The largest absolute Gasteiger partial charge is 0.497 e. The van der Waals surface area contributed by atoms with Crippen LogP contribution in [0, 0.1) is 0 Å². The second-order valence-corrected chi connectivity index (χ2v) is 11.9. The van der Waals surface area contributed by atoms with Crippen LogP contribution in [0.4, 0.5) is 0 Å². The molecule has 1 unspecified atom stereocenters. The number of carboxylic acid groups (broad SMARTS) is 1. The Bertz CT molecular complexity index is 1560. The van der Waals surface area contributed by atoms with Gasteiger partial charge in [-0.25, -0.2) is 18.4 Å². The highest BCUT2D eigenvalue weighted by atomic mass is 32.2. The first-order chi connectivity index (χ1) is 20.8. The van der Waals surface area contributed by atoms with Crippen molar-refractivity contribution in [2.45, 2.75) is 56.4 Å². The number of hydrogen-bond acceptors (Lipinski definition) is 7. The van der Waals surface area contributed by atoms with E-state index in [0.717, 1.165) is 35.5 Å². The molecule has 1 atom stereocenters. The van der Waals surface area contributed by atoms with Gasteiger partial charge < -0.3 is 14.6 Å². The molecule has 0 bridgehead atoms. The summed E-state index contributed by atoms with van der Waals surface area (Å²) in [6, 6.07) is 19.3. The maximum absolute atomic E-state index is 12.8. The van der Waals surface area contributed by atoms with E-state index in [4.69, 9.17) is 9.47 Å². The summed E-state index contributed by atoms with van der Waals surface area (Å²) in [6.07, 6.45) is 9.48. The highest BCUT2D eigenvalue weighted by Gasteiger charge is 2.26. The van der Waals surface area contributed by atoms with Crippen molar-refractivity contribution in [2.75, 3.05) is 13.7 Å². The van der Waals surface area contributed by atoms with Crippen LogP contribution in [-0.4, -0.2) is 49.2 Å². The number of sulfonamides is 1. The number of methoxy groups -OCH3 is 1. The van der Waals surface area contributed by atoms with Crippen LogP contribution in [0.15, 0.2) is 90.1 Å². The molecule has 1 heterocycles. The molecule has 3 aromatic carbocycles. The summed E-state index contributed by atoms with van der Waals surface area (Å²) in [7, 11) is -2.58. The Labute approximate surface area is 253 Å². The average Bonchev–Trinajstić information content (AvgIpc) is 3.03. The van der Waals surface area contributed by atoms with E-state index in [1.165, 1.54) is 57.1 Å². The van der Waals surface area contributed by atoms with E-state index >= 15 is 0 Å². The van der Waals surface area contributed by atoms with Crippen LogP contribution >= 0.6 is 0 Å². The van der Waals surface area contributed by atoms with E-state index in [-0.39, 0.29) is 11.3 Å². The Hall–Kier alpha value is -4.28. The molecule has 0 saturated heterocycles. The maximum Gasteiger partial charge on any atom is 0.322 e. The van der Waals surface area contributed by atoms with Crippen molar-refractivity contribution in [2.24, 2.45) is 0 Å². The van der Waals surface area contributed by atoms with Gasteiger partial charge in [-0.15, -0.1) is 0 Å². The second kappa shape index (κ2) is 15.3. The molecule has 43 heavy (non-hydrogen) atoms. The number of rotatable bonds is 16. The molecule has 0 aliphatic heterocycles. The molecule has 0 radical (unpaired) electrons. The fourth-order valence-corrected chi connectivity index (χ4v) is 5.67. The summed E-state index contributed by atoms with van der Waals surface area (Å²) in [6.45, 7) is 2.93. The van der Waals surface area contributed by atoms with Crippen LogP contribution in [0.1, 0.15) is 44.6 Å². The third kappa shape index (κ3) is 9.10. The second-order valence-electron chi connectivity index (χ2n) is 10.2. The summed E-state index contributed by atoms with van der Waals surface area (Å²) >= 11 is 0.